The van der Waals surface area contributed by atoms with E-state index in [1.807, 2.05) is 28.8 Å². The lowest BCUT2D eigenvalue weighted by Crippen LogP contribution is -2.42. The molecule has 8 nitrogen and oxygen atoms in total. The molecule has 0 aliphatic carbocycles. The molecule has 1 saturated heterocycles. The Hall–Kier alpha value is -1.76. The fourth-order valence-electron chi connectivity index (χ4n) is 3.63. The quantitative estimate of drug-likeness (QED) is 0.253. The van der Waals surface area contributed by atoms with Gasteiger partial charge in [-0.05, 0) is 30.5 Å². The van der Waals surface area contributed by atoms with Crippen molar-refractivity contribution >= 4 is 46.9 Å². The van der Waals surface area contributed by atoms with Gasteiger partial charge in [0.1, 0.15) is 5.82 Å². The highest BCUT2D eigenvalue weighted by Crippen LogP contribution is 2.26. The molecular formula is C21H30IN7OS. The third kappa shape index (κ3) is 6.37. The molecule has 0 spiro atoms. The van der Waals surface area contributed by atoms with Gasteiger partial charge in [0.15, 0.2) is 11.6 Å². The van der Waals surface area contributed by atoms with Gasteiger partial charge in [-0.1, -0.05) is 12.1 Å². The maximum absolute atomic E-state index is 5.54. The minimum atomic E-state index is 0. The smallest absolute Gasteiger partial charge is 0.191 e. The van der Waals surface area contributed by atoms with Crippen molar-refractivity contribution in [2.75, 3.05) is 45.9 Å². The van der Waals surface area contributed by atoms with Gasteiger partial charge >= 0.3 is 0 Å². The van der Waals surface area contributed by atoms with Crippen LogP contribution >= 0.6 is 35.3 Å². The maximum Gasteiger partial charge on any atom is 0.191 e. The third-order valence-electron chi connectivity index (χ3n) is 5.15. The number of aromatic nitrogens is 3. The van der Waals surface area contributed by atoms with Gasteiger partial charge < -0.3 is 15.4 Å². The number of thiophene rings is 1. The van der Waals surface area contributed by atoms with Gasteiger partial charge in [-0.2, -0.15) is 0 Å². The molecule has 31 heavy (non-hydrogen) atoms. The second kappa shape index (κ2) is 12.3. The number of morpholine rings is 1. The second-order valence-corrected chi connectivity index (χ2v) is 8.10. The number of hydrogen-bond acceptors (Lipinski definition) is 6. The maximum atomic E-state index is 5.54. The van der Waals surface area contributed by atoms with Crippen LogP contribution in [-0.2, 0) is 11.2 Å². The molecule has 1 aliphatic rings. The van der Waals surface area contributed by atoms with E-state index in [-0.39, 0.29) is 30.0 Å². The van der Waals surface area contributed by atoms with Gasteiger partial charge in [-0.25, -0.2) is 0 Å². The highest BCUT2D eigenvalue weighted by Gasteiger charge is 2.23. The standard InChI is InChI=1S/C21H29N7OS.HI/c1-2-22-21(23-9-8-20-26-25-19-7-3-4-10-28(19)20)24-16-17(18-6-5-15-30-18)27-11-13-29-14-12-27;/h3-7,10,15,17H,2,8-9,11-14,16H2,1H3,(H2,22,23,24);1H. The van der Waals surface area contributed by atoms with Crippen LogP contribution in [0.3, 0.4) is 0 Å². The topological polar surface area (TPSA) is 79.1 Å². The average Bonchev–Trinajstić information content (AvgIpc) is 3.45. The predicted molar refractivity (Wildman–Crippen MR) is 136 cm³/mol. The zero-order valence-corrected chi connectivity index (χ0v) is 20.9. The molecule has 4 heterocycles. The minimum absolute atomic E-state index is 0. The number of nitrogens with one attached hydrogen (secondary N) is 2. The first-order valence-electron chi connectivity index (χ1n) is 10.5. The summed E-state index contributed by atoms with van der Waals surface area (Å²) in [5.74, 6) is 1.78. The van der Waals surface area contributed by atoms with Crippen LogP contribution < -0.4 is 10.6 Å². The molecule has 0 amide bonds. The van der Waals surface area contributed by atoms with Gasteiger partial charge in [0.05, 0.1) is 25.8 Å². The highest BCUT2D eigenvalue weighted by molar-refractivity contribution is 14.0. The Balaban J connectivity index is 0.00000272. The average molecular weight is 555 g/mol. The van der Waals surface area contributed by atoms with Crippen LogP contribution in [0, 0.1) is 0 Å². The summed E-state index contributed by atoms with van der Waals surface area (Å²) in [6.45, 7) is 7.83. The van der Waals surface area contributed by atoms with E-state index in [0.717, 1.165) is 63.2 Å². The lowest BCUT2D eigenvalue weighted by Gasteiger charge is -2.33. The van der Waals surface area contributed by atoms with Crippen LogP contribution in [0.2, 0.25) is 0 Å². The fourth-order valence-corrected chi connectivity index (χ4v) is 4.48. The molecular weight excluding hydrogens is 525 g/mol. The molecule has 3 aromatic rings. The van der Waals surface area contributed by atoms with Gasteiger partial charge in [-0.15, -0.1) is 45.5 Å². The van der Waals surface area contributed by atoms with Crippen molar-refractivity contribution in [1.29, 1.82) is 0 Å². The van der Waals surface area contributed by atoms with Crippen molar-refractivity contribution in [2.24, 2.45) is 4.99 Å². The van der Waals surface area contributed by atoms with E-state index >= 15 is 0 Å². The normalized spacial score (nSPS) is 16.1. The molecule has 3 aromatic heterocycles. The molecule has 0 aromatic carbocycles. The molecule has 1 atom stereocenters. The number of aliphatic imine (C=N–C) groups is 1. The Kier molecular flexibility index (Phi) is 9.50. The molecule has 168 valence electrons. The van der Waals surface area contributed by atoms with Gasteiger partial charge in [0.2, 0.25) is 0 Å². The zero-order chi connectivity index (χ0) is 20.6. The van der Waals surface area contributed by atoms with Crippen molar-refractivity contribution in [3.05, 3.63) is 52.6 Å². The summed E-state index contributed by atoms with van der Waals surface area (Å²) in [7, 11) is 0. The summed E-state index contributed by atoms with van der Waals surface area (Å²) in [5.41, 5.74) is 0.873. The van der Waals surface area contributed by atoms with Crippen LogP contribution in [0.4, 0.5) is 0 Å². The first-order chi connectivity index (χ1) is 14.8. The molecule has 0 radical (unpaired) electrons. The number of pyridine rings is 1. The number of ether oxygens (including phenoxy) is 1. The van der Waals surface area contributed by atoms with E-state index in [1.54, 1.807) is 11.3 Å². The Morgan fingerprint density at radius 2 is 2.06 bits per heavy atom. The van der Waals surface area contributed by atoms with Gasteiger partial charge in [0, 0.05) is 43.7 Å². The molecule has 1 unspecified atom stereocenters. The van der Waals surface area contributed by atoms with E-state index < -0.39 is 0 Å². The number of fused-ring (bicyclic) bond motifs is 1. The van der Waals surface area contributed by atoms with Crippen molar-refractivity contribution in [3.63, 3.8) is 0 Å². The fraction of sp³-hybridized carbons (Fsp3) is 0.476. The molecule has 4 rings (SSSR count). The van der Waals surface area contributed by atoms with Crippen LogP contribution in [0.25, 0.3) is 5.65 Å². The Bertz CT molecular complexity index is 940. The number of rotatable bonds is 8. The lowest BCUT2D eigenvalue weighted by molar-refractivity contribution is 0.0186. The van der Waals surface area contributed by atoms with Crippen LogP contribution in [0.1, 0.15) is 23.7 Å². The van der Waals surface area contributed by atoms with Crippen molar-refractivity contribution < 1.29 is 4.74 Å². The van der Waals surface area contributed by atoms with E-state index in [4.69, 9.17) is 9.73 Å². The number of nitrogens with zero attached hydrogens (tertiary/aromatic N) is 5. The number of hydrogen-bond donors (Lipinski definition) is 2. The number of guanidine groups is 1. The molecule has 0 saturated carbocycles. The van der Waals surface area contributed by atoms with Crippen molar-refractivity contribution in [1.82, 2.24) is 30.1 Å². The SMILES string of the molecule is CCNC(=NCC(c1cccs1)N1CCOCC1)NCCc1nnc2ccccn12.I. The van der Waals surface area contributed by atoms with Crippen molar-refractivity contribution in [2.45, 2.75) is 19.4 Å². The molecule has 2 N–H and O–H groups in total. The second-order valence-electron chi connectivity index (χ2n) is 7.12. The summed E-state index contributed by atoms with van der Waals surface area (Å²) in [4.78, 5) is 8.73. The first kappa shape index (κ1) is 23.9. The van der Waals surface area contributed by atoms with E-state index in [2.05, 4.69) is 50.2 Å². The van der Waals surface area contributed by atoms with Crippen molar-refractivity contribution in [3.8, 4) is 0 Å². The van der Waals surface area contributed by atoms with Crippen LogP contribution in [0.15, 0.2) is 46.9 Å². The predicted octanol–water partition coefficient (Wildman–Crippen LogP) is 2.58. The Morgan fingerprint density at radius 3 is 2.84 bits per heavy atom. The summed E-state index contributed by atoms with van der Waals surface area (Å²) >= 11 is 1.80. The minimum Gasteiger partial charge on any atom is -0.379 e. The van der Waals surface area contributed by atoms with Crippen LogP contribution in [0.5, 0.6) is 0 Å². The summed E-state index contributed by atoms with van der Waals surface area (Å²) in [6.07, 6.45) is 2.77. The van der Waals surface area contributed by atoms with E-state index in [9.17, 15) is 0 Å². The molecule has 10 heteroatoms. The van der Waals surface area contributed by atoms with Gasteiger partial charge in [-0.3, -0.25) is 14.3 Å². The Labute approximate surface area is 204 Å². The van der Waals surface area contributed by atoms with Gasteiger partial charge in [0.25, 0.3) is 0 Å². The third-order valence-corrected chi connectivity index (χ3v) is 6.12. The summed E-state index contributed by atoms with van der Waals surface area (Å²) < 4.78 is 7.56. The monoisotopic (exact) mass is 555 g/mol. The number of halogens is 1. The summed E-state index contributed by atoms with van der Waals surface area (Å²) in [5, 5.41) is 17.5. The lowest BCUT2D eigenvalue weighted by atomic mass is 10.2. The van der Waals surface area contributed by atoms with Crippen LogP contribution in [-0.4, -0.2) is 71.4 Å². The Morgan fingerprint density at radius 1 is 1.19 bits per heavy atom. The van der Waals surface area contributed by atoms with E-state index in [1.165, 1.54) is 4.88 Å². The van der Waals surface area contributed by atoms with E-state index in [0.29, 0.717) is 6.54 Å². The summed E-state index contributed by atoms with van der Waals surface area (Å²) in [6, 6.07) is 10.5. The molecule has 1 fully saturated rings. The zero-order valence-electron chi connectivity index (χ0n) is 17.7. The highest BCUT2D eigenvalue weighted by atomic mass is 127. The first-order valence-corrected chi connectivity index (χ1v) is 11.4. The largest absolute Gasteiger partial charge is 0.379 e. The molecule has 0 bridgehead atoms. The molecule has 1 aliphatic heterocycles.